The number of hydrogen-bond donors (Lipinski definition) is 2. The summed E-state index contributed by atoms with van der Waals surface area (Å²) in [6.07, 6.45) is 3.21. The number of halogens is 1. The number of ether oxygens (including phenoxy) is 1. The first-order chi connectivity index (χ1) is 16.7. The van der Waals surface area contributed by atoms with Crippen molar-refractivity contribution in [3.63, 3.8) is 0 Å². The van der Waals surface area contributed by atoms with Crippen molar-refractivity contribution in [1.29, 1.82) is 0 Å². The molecular formula is C27H29FN4O3. The van der Waals surface area contributed by atoms with Gasteiger partial charge < -0.3 is 20.1 Å². The largest absolute Gasteiger partial charge is 0.387 e. The van der Waals surface area contributed by atoms with E-state index in [0.29, 0.717) is 36.6 Å². The quantitative estimate of drug-likeness (QED) is 0.575. The van der Waals surface area contributed by atoms with Gasteiger partial charge in [-0.25, -0.2) is 4.39 Å². The van der Waals surface area contributed by atoms with Crippen LogP contribution in [0.2, 0.25) is 0 Å². The molecule has 8 heteroatoms. The van der Waals surface area contributed by atoms with Crippen molar-refractivity contribution in [2.45, 2.75) is 45.0 Å². The molecule has 2 aromatic heterocycles. The highest BCUT2D eigenvalue weighted by Gasteiger charge is 2.35. The van der Waals surface area contributed by atoms with E-state index in [2.05, 4.69) is 26.3 Å². The molecule has 2 aliphatic rings. The van der Waals surface area contributed by atoms with Crippen LogP contribution in [0.5, 0.6) is 0 Å². The smallest absolute Gasteiger partial charge is 0.255 e. The second-order valence-corrected chi connectivity index (χ2v) is 9.69. The van der Waals surface area contributed by atoms with Crippen LogP contribution in [0.25, 0.3) is 11.1 Å². The number of aryl methyl sites for hydroxylation is 1. The number of aromatic nitrogens is 2. The molecule has 2 aliphatic heterocycles. The van der Waals surface area contributed by atoms with E-state index in [9.17, 15) is 14.3 Å². The maximum atomic E-state index is 14.3. The van der Waals surface area contributed by atoms with Crippen molar-refractivity contribution >= 4 is 17.3 Å². The summed E-state index contributed by atoms with van der Waals surface area (Å²) in [4.78, 5) is 23.8. The number of amides is 1. The lowest BCUT2D eigenvalue weighted by molar-refractivity contribution is 0.0597. The predicted molar refractivity (Wildman–Crippen MR) is 132 cm³/mol. The molecule has 182 valence electrons. The van der Waals surface area contributed by atoms with Gasteiger partial charge in [0.25, 0.3) is 5.91 Å². The number of rotatable bonds is 4. The molecule has 0 unspecified atom stereocenters. The van der Waals surface area contributed by atoms with Gasteiger partial charge in [-0.3, -0.25) is 14.8 Å². The van der Waals surface area contributed by atoms with Crippen molar-refractivity contribution in [2.24, 2.45) is 0 Å². The average molecular weight is 477 g/mol. The number of benzene rings is 1. The minimum Gasteiger partial charge on any atom is -0.387 e. The van der Waals surface area contributed by atoms with Gasteiger partial charge in [0.1, 0.15) is 11.8 Å². The molecule has 1 saturated heterocycles. The number of aliphatic hydroxyl groups excluding tert-OH is 1. The Morgan fingerprint density at radius 2 is 2.06 bits per heavy atom. The number of alkyl halides is 1. The van der Waals surface area contributed by atoms with Crippen molar-refractivity contribution in [3.8, 4) is 11.1 Å². The highest BCUT2D eigenvalue weighted by molar-refractivity contribution is 6.04. The number of carbonyl (C=O) groups is 1. The van der Waals surface area contributed by atoms with Gasteiger partial charge in [0.05, 0.1) is 36.3 Å². The fourth-order valence-electron chi connectivity index (χ4n) is 4.75. The lowest BCUT2D eigenvalue weighted by Gasteiger charge is -2.43. The molecule has 35 heavy (non-hydrogen) atoms. The van der Waals surface area contributed by atoms with Crippen molar-refractivity contribution < 1.29 is 19.0 Å². The van der Waals surface area contributed by atoms with Crippen LogP contribution < -0.4 is 10.2 Å². The van der Waals surface area contributed by atoms with Crippen molar-refractivity contribution in [2.75, 3.05) is 30.0 Å². The number of aliphatic hydroxyl groups is 1. The fraction of sp³-hybridized carbons (Fsp3) is 0.370. The number of anilines is 2. The molecule has 7 nitrogen and oxygen atoms in total. The third-order valence-corrected chi connectivity index (χ3v) is 6.68. The molecule has 4 heterocycles. The second-order valence-electron chi connectivity index (χ2n) is 9.69. The molecule has 3 aromatic rings. The molecular weight excluding hydrogens is 447 g/mol. The first kappa shape index (κ1) is 23.4. The molecule has 0 spiro atoms. The first-order valence-electron chi connectivity index (χ1n) is 11.8. The van der Waals surface area contributed by atoms with Crippen LogP contribution in [0, 0.1) is 6.92 Å². The Labute approximate surface area is 204 Å². The van der Waals surface area contributed by atoms with Crippen LogP contribution in [-0.4, -0.2) is 46.8 Å². The Bertz CT molecular complexity index is 1270. The number of pyridine rings is 2. The standard InChI is InChI=1S/C27H29FN4O3/c1-16-4-5-19(31-26(34)17-6-7-29-24(11-17)27(2,3)28)12-21(16)18-10-22-25(30-14-18)23(33)13-20-15-35-9-8-32(20)22/h4-7,10-12,14,20,23,33H,8-9,13,15H2,1-3H3,(H,31,34)/t20-,23-/m1/s1. The second kappa shape index (κ2) is 9.02. The van der Waals surface area contributed by atoms with E-state index in [4.69, 9.17) is 4.74 Å². The summed E-state index contributed by atoms with van der Waals surface area (Å²) >= 11 is 0. The van der Waals surface area contributed by atoms with Gasteiger partial charge in [-0.15, -0.1) is 0 Å². The topological polar surface area (TPSA) is 87.6 Å². The molecule has 1 aromatic carbocycles. The Balaban J connectivity index is 1.44. The maximum absolute atomic E-state index is 14.3. The van der Waals surface area contributed by atoms with Crippen LogP contribution in [-0.2, 0) is 10.4 Å². The summed E-state index contributed by atoms with van der Waals surface area (Å²) in [5, 5.41) is 13.5. The highest BCUT2D eigenvalue weighted by atomic mass is 19.1. The van der Waals surface area contributed by atoms with Gasteiger partial charge in [0, 0.05) is 42.2 Å². The lowest BCUT2D eigenvalue weighted by Crippen LogP contribution is -2.49. The summed E-state index contributed by atoms with van der Waals surface area (Å²) < 4.78 is 19.9. The Morgan fingerprint density at radius 3 is 2.86 bits per heavy atom. The molecule has 2 atom stereocenters. The molecule has 1 amide bonds. The fourth-order valence-corrected chi connectivity index (χ4v) is 4.75. The van der Waals surface area contributed by atoms with Gasteiger partial charge in [0.15, 0.2) is 0 Å². The van der Waals surface area contributed by atoms with Crippen LogP contribution in [0.3, 0.4) is 0 Å². The predicted octanol–water partition coefficient (Wildman–Crippen LogP) is 4.55. The third-order valence-electron chi connectivity index (χ3n) is 6.68. The van der Waals surface area contributed by atoms with Crippen LogP contribution in [0.1, 0.15) is 53.7 Å². The number of carbonyl (C=O) groups excluding carboxylic acids is 1. The van der Waals surface area contributed by atoms with Crippen LogP contribution in [0.15, 0.2) is 48.8 Å². The molecule has 0 radical (unpaired) electrons. The van der Waals surface area contributed by atoms with E-state index in [1.165, 1.54) is 26.1 Å². The van der Waals surface area contributed by atoms with Gasteiger partial charge >= 0.3 is 0 Å². The third kappa shape index (κ3) is 4.63. The monoisotopic (exact) mass is 476 g/mol. The van der Waals surface area contributed by atoms with E-state index in [-0.39, 0.29) is 17.6 Å². The summed E-state index contributed by atoms with van der Waals surface area (Å²) in [5.74, 6) is -0.337. The molecule has 1 fully saturated rings. The molecule has 0 saturated carbocycles. The van der Waals surface area contributed by atoms with E-state index in [1.54, 1.807) is 12.3 Å². The molecule has 2 N–H and O–H groups in total. The minimum atomic E-state index is -1.64. The molecule has 0 aliphatic carbocycles. The average Bonchev–Trinajstić information content (AvgIpc) is 2.84. The van der Waals surface area contributed by atoms with Gasteiger partial charge in [-0.05, 0) is 62.2 Å². The number of nitrogens with zero attached hydrogens (tertiary/aromatic N) is 3. The maximum Gasteiger partial charge on any atom is 0.255 e. The highest BCUT2D eigenvalue weighted by Crippen LogP contribution is 2.39. The molecule has 0 bridgehead atoms. The zero-order chi connectivity index (χ0) is 24.7. The SMILES string of the molecule is Cc1ccc(NC(=O)c2ccnc(C(C)(C)F)c2)cc1-c1cnc2c(c1)N1CCOC[C@H]1C[C@H]2O. The van der Waals surface area contributed by atoms with Crippen LogP contribution in [0.4, 0.5) is 15.8 Å². The normalized spacial score (nSPS) is 19.6. The number of nitrogens with one attached hydrogen (secondary N) is 1. The van der Waals surface area contributed by atoms with Gasteiger partial charge in [0.2, 0.25) is 0 Å². The van der Waals surface area contributed by atoms with Gasteiger partial charge in [-0.2, -0.15) is 0 Å². The van der Waals surface area contributed by atoms with E-state index >= 15 is 0 Å². The van der Waals surface area contributed by atoms with E-state index in [1.807, 2.05) is 25.1 Å². The van der Waals surface area contributed by atoms with Crippen molar-refractivity contribution in [1.82, 2.24) is 9.97 Å². The zero-order valence-electron chi connectivity index (χ0n) is 20.1. The summed E-state index contributed by atoms with van der Waals surface area (Å²) in [7, 11) is 0. The first-order valence-corrected chi connectivity index (χ1v) is 11.8. The minimum absolute atomic E-state index is 0.134. The van der Waals surface area contributed by atoms with Crippen molar-refractivity contribution in [3.05, 3.63) is 71.3 Å². The Morgan fingerprint density at radius 1 is 1.23 bits per heavy atom. The Kier molecular flexibility index (Phi) is 6.02. The summed E-state index contributed by atoms with van der Waals surface area (Å²) in [6, 6.07) is 10.9. The van der Waals surface area contributed by atoms with E-state index in [0.717, 1.165) is 28.9 Å². The number of morpholine rings is 1. The summed E-state index contributed by atoms with van der Waals surface area (Å²) in [5.41, 5.74) is 4.02. The van der Waals surface area contributed by atoms with E-state index < -0.39 is 11.8 Å². The lowest BCUT2D eigenvalue weighted by atomic mass is 9.94. The van der Waals surface area contributed by atoms with Crippen LogP contribution >= 0.6 is 0 Å². The number of fused-ring (bicyclic) bond motifs is 3. The molecule has 5 rings (SSSR count). The summed E-state index contributed by atoms with van der Waals surface area (Å²) in [6.45, 7) is 6.83. The Hall–Kier alpha value is -3.36. The van der Waals surface area contributed by atoms with Gasteiger partial charge in [-0.1, -0.05) is 6.07 Å². The zero-order valence-corrected chi connectivity index (χ0v) is 20.1. The number of hydrogen-bond acceptors (Lipinski definition) is 6.